The van der Waals surface area contributed by atoms with Gasteiger partial charge in [-0.15, -0.1) is 0 Å². The van der Waals surface area contributed by atoms with Gasteiger partial charge in [-0.1, -0.05) is 0 Å². The first kappa shape index (κ1) is 7.09. The van der Waals surface area contributed by atoms with Gasteiger partial charge in [0.05, 0.1) is 0 Å². The Kier molecular flexibility index (Phi) is 1.66. The van der Waals surface area contributed by atoms with Gasteiger partial charge >= 0.3 is 5.97 Å². The minimum Gasteiger partial charge on any atom is -0.426 e. The third-order valence-corrected chi connectivity index (χ3v) is 1.68. The molecule has 0 radical (unpaired) electrons. The average molecular weight is 164 g/mol. The molecule has 0 aliphatic heterocycles. The van der Waals surface area contributed by atoms with Crippen molar-refractivity contribution in [3.05, 3.63) is 30.1 Å². The third kappa shape index (κ3) is 1.23. The van der Waals surface area contributed by atoms with E-state index < -0.39 is 5.97 Å². The molecule has 12 heavy (non-hydrogen) atoms. The fourth-order valence-electron chi connectivity index (χ4n) is 0.899. The van der Waals surface area contributed by atoms with Crippen molar-refractivity contribution in [1.82, 2.24) is 9.97 Å². The van der Waals surface area contributed by atoms with Crippen molar-refractivity contribution in [2.75, 3.05) is 0 Å². The van der Waals surface area contributed by atoms with Crippen LogP contribution in [0.15, 0.2) is 24.2 Å². The Morgan fingerprint density at radius 3 is 3.00 bits per heavy atom. The molecule has 0 unspecified atom stereocenters. The van der Waals surface area contributed by atoms with Gasteiger partial charge in [-0.05, 0) is 12.5 Å². The standard InChI is InChI=1S/C8H8N2O2/c11-8(7-9-4-5-10-7)12-6-2-1-3-6/h2,4-5H,1,3H2,(H,9,10). The summed E-state index contributed by atoms with van der Waals surface area (Å²) >= 11 is 0. The highest BCUT2D eigenvalue weighted by molar-refractivity contribution is 5.85. The Morgan fingerprint density at radius 1 is 1.67 bits per heavy atom. The molecule has 0 aromatic carbocycles. The topological polar surface area (TPSA) is 55.0 Å². The van der Waals surface area contributed by atoms with Crippen molar-refractivity contribution in [2.45, 2.75) is 12.8 Å². The van der Waals surface area contributed by atoms with Gasteiger partial charge in [-0.25, -0.2) is 9.78 Å². The predicted octanol–water partition coefficient (Wildman–Crippen LogP) is 1.24. The number of rotatable bonds is 2. The van der Waals surface area contributed by atoms with E-state index in [1.165, 1.54) is 6.20 Å². The SMILES string of the molecule is O=C(OC1=CCC1)c1ncc[nH]1. The van der Waals surface area contributed by atoms with Crippen molar-refractivity contribution in [3.8, 4) is 0 Å². The number of H-pyrrole nitrogens is 1. The van der Waals surface area contributed by atoms with Gasteiger partial charge in [-0.2, -0.15) is 0 Å². The van der Waals surface area contributed by atoms with Crippen LogP contribution in [-0.2, 0) is 4.74 Å². The molecule has 0 amide bonds. The average Bonchev–Trinajstić information content (AvgIpc) is 2.47. The van der Waals surface area contributed by atoms with Crippen LogP contribution >= 0.6 is 0 Å². The maximum Gasteiger partial charge on any atom is 0.379 e. The summed E-state index contributed by atoms with van der Waals surface area (Å²) in [5, 5.41) is 0. The number of carbonyl (C=O) groups is 1. The van der Waals surface area contributed by atoms with E-state index in [2.05, 4.69) is 9.97 Å². The zero-order valence-corrected chi connectivity index (χ0v) is 6.41. The van der Waals surface area contributed by atoms with E-state index in [9.17, 15) is 4.79 Å². The molecule has 0 saturated carbocycles. The van der Waals surface area contributed by atoms with Gasteiger partial charge in [0.15, 0.2) is 0 Å². The zero-order chi connectivity index (χ0) is 8.39. The lowest BCUT2D eigenvalue weighted by molar-refractivity contribution is 0.0588. The molecule has 1 heterocycles. The highest BCUT2D eigenvalue weighted by atomic mass is 16.5. The van der Waals surface area contributed by atoms with Crippen LogP contribution in [0, 0.1) is 0 Å². The maximum atomic E-state index is 11.2. The van der Waals surface area contributed by atoms with Gasteiger partial charge in [0, 0.05) is 18.8 Å². The number of allylic oxidation sites excluding steroid dienone is 2. The summed E-state index contributed by atoms with van der Waals surface area (Å²) in [5.74, 6) is 0.588. The van der Waals surface area contributed by atoms with Crippen molar-refractivity contribution >= 4 is 5.97 Å². The number of hydrogen-bond donors (Lipinski definition) is 1. The summed E-state index contributed by atoms with van der Waals surface area (Å²) in [6.07, 6.45) is 6.85. The zero-order valence-electron chi connectivity index (χ0n) is 6.41. The largest absolute Gasteiger partial charge is 0.426 e. The fraction of sp³-hybridized carbons (Fsp3) is 0.250. The Morgan fingerprint density at radius 2 is 2.50 bits per heavy atom. The van der Waals surface area contributed by atoms with Crippen molar-refractivity contribution in [2.24, 2.45) is 0 Å². The molecular weight excluding hydrogens is 156 g/mol. The number of aromatic amines is 1. The van der Waals surface area contributed by atoms with E-state index in [1.807, 2.05) is 6.08 Å². The highest BCUT2D eigenvalue weighted by Gasteiger charge is 2.15. The molecule has 4 nitrogen and oxygen atoms in total. The summed E-state index contributed by atoms with van der Waals surface area (Å²) in [6.45, 7) is 0. The highest BCUT2D eigenvalue weighted by Crippen LogP contribution is 2.19. The van der Waals surface area contributed by atoms with Gasteiger partial charge < -0.3 is 9.72 Å². The van der Waals surface area contributed by atoms with Crippen LogP contribution in [0.3, 0.4) is 0 Å². The Labute approximate surface area is 69.3 Å². The van der Waals surface area contributed by atoms with Gasteiger partial charge in [0.1, 0.15) is 5.76 Å². The first-order valence-electron chi connectivity index (χ1n) is 3.77. The second kappa shape index (κ2) is 2.81. The van der Waals surface area contributed by atoms with Crippen LogP contribution < -0.4 is 0 Å². The quantitative estimate of drug-likeness (QED) is 0.669. The second-order valence-electron chi connectivity index (χ2n) is 2.54. The fourth-order valence-corrected chi connectivity index (χ4v) is 0.899. The molecule has 1 aliphatic rings. The monoisotopic (exact) mass is 164 g/mol. The second-order valence-corrected chi connectivity index (χ2v) is 2.54. The number of imidazole rings is 1. The maximum absolute atomic E-state index is 11.2. The number of aromatic nitrogens is 2. The summed E-state index contributed by atoms with van der Waals surface area (Å²) in [5.41, 5.74) is 0. The van der Waals surface area contributed by atoms with E-state index in [4.69, 9.17) is 4.74 Å². The number of carbonyl (C=O) groups excluding carboxylic acids is 1. The van der Waals surface area contributed by atoms with Crippen LogP contribution in [0.2, 0.25) is 0 Å². The minimum absolute atomic E-state index is 0.253. The van der Waals surface area contributed by atoms with E-state index >= 15 is 0 Å². The normalized spacial score (nSPS) is 14.8. The molecule has 1 aromatic rings. The lowest BCUT2D eigenvalue weighted by atomic mass is 10.1. The van der Waals surface area contributed by atoms with Crippen LogP contribution in [0.1, 0.15) is 23.5 Å². The van der Waals surface area contributed by atoms with E-state index in [0.29, 0.717) is 0 Å². The summed E-state index contributed by atoms with van der Waals surface area (Å²) < 4.78 is 4.96. The Balaban J connectivity index is 2.01. The molecule has 0 atom stereocenters. The number of ether oxygens (including phenoxy) is 1. The molecule has 62 valence electrons. The summed E-state index contributed by atoms with van der Waals surface area (Å²) in [7, 11) is 0. The van der Waals surface area contributed by atoms with E-state index in [1.54, 1.807) is 6.20 Å². The Hall–Kier alpha value is -1.58. The summed E-state index contributed by atoms with van der Waals surface area (Å²) in [4.78, 5) is 17.6. The number of nitrogens with one attached hydrogen (secondary N) is 1. The molecule has 4 heteroatoms. The van der Waals surface area contributed by atoms with Crippen molar-refractivity contribution < 1.29 is 9.53 Å². The van der Waals surface area contributed by atoms with Gasteiger partial charge in [-0.3, -0.25) is 0 Å². The van der Waals surface area contributed by atoms with Crippen LogP contribution in [0.4, 0.5) is 0 Å². The molecule has 0 bridgehead atoms. The van der Waals surface area contributed by atoms with E-state index in [0.717, 1.165) is 18.6 Å². The minimum atomic E-state index is -0.411. The van der Waals surface area contributed by atoms with Crippen LogP contribution in [-0.4, -0.2) is 15.9 Å². The van der Waals surface area contributed by atoms with Crippen LogP contribution in [0.5, 0.6) is 0 Å². The molecule has 0 spiro atoms. The first-order chi connectivity index (χ1) is 5.86. The van der Waals surface area contributed by atoms with E-state index in [-0.39, 0.29) is 5.82 Å². The molecule has 1 aliphatic carbocycles. The van der Waals surface area contributed by atoms with Gasteiger partial charge in [0.2, 0.25) is 5.82 Å². The molecule has 1 aromatic heterocycles. The molecule has 0 saturated heterocycles. The predicted molar refractivity (Wildman–Crippen MR) is 41.3 cm³/mol. The lowest BCUT2D eigenvalue weighted by Gasteiger charge is -2.12. The molecular formula is C8H8N2O2. The lowest BCUT2D eigenvalue weighted by Crippen LogP contribution is -2.09. The van der Waals surface area contributed by atoms with Crippen molar-refractivity contribution in [1.29, 1.82) is 0 Å². The molecule has 0 fully saturated rings. The van der Waals surface area contributed by atoms with Crippen LogP contribution in [0.25, 0.3) is 0 Å². The number of esters is 1. The number of nitrogens with zero attached hydrogens (tertiary/aromatic N) is 1. The smallest absolute Gasteiger partial charge is 0.379 e. The first-order valence-corrected chi connectivity index (χ1v) is 3.77. The molecule has 2 rings (SSSR count). The number of hydrogen-bond acceptors (Lipinski definition) is 3. The third-order valence-electron chi connectivity index (χ3n) is 1.68. The molecule has 1 N–H and O–H groups in total. The Bertz CT molecular complexity index is 314. The van der Waals surface area contributed by atoms with Gasteiger partial charge in [0.25, 0.3) is 0 Å². The summed E-state index contributed by atoms with van der Waals surface area (Å²) in [6, 6.07) is 0. The van der Waals surface area contributed by atoms with Crippen molar-refractivity contribution in [3.63, 3.8) is 0 Å².